The fourth-order valence-corrected chi connectivity index (χ4v) is 5.64. The van der Waals surface area contributed by atoms with Crippen LogP contribution in [-0.2, 0) is 0 Å². The predicted octanol–water partition coefficient (Wildman–Crippen LogP) is 8.40. The summed E-state index contributed by atoms with van der Waals surface area (Å²) in [5, 5.41) is 6.43. The molecule has 2 heterocycles. The summed E-state index contributed by atoms with van der Waals surface area (Å²) >= 11 is 1.40. The first-order valence-electron chi connectivity index (χ1n) is 14.2. The molecule has 1 atom stereocenters. The van der Waals surface area contributed by atoms with Crippen LogP contribution < -0.4 is 9.54 Å². The van der Waals surface area contributed by atoms with Crippen LogP contribution >= 0.6 is 11.3 Å². The van der Waals surface area contributed by atoms with Crippen LogP contribution in [0.15, 0.2) is 94.5 Å². The molecule has 0 saturated carbocycles. The molecule has 1 unspecified atom stereocenters. The van der Waals surface area contributed by atoms with Crippen molar-refractivity contribution in [2.45, 2.75) is 52.8 Å². The van der Waals surface area contributed by atoms with Crippen LogP contribution in [0.4, 0.5) is 18.0 Å². The first-order valence-corrected chi connectivity index (χ1v) is 15.1. The maximum Gasteiger partial charge on any atom is 0.573 e. The van der Waals surface area contributed by atoms with Gasteiger partial charge in [0.1, 0.15) is 12.1 Å². The van der Waals surface area contributed by atoms with Crippen LogP contribution in [-0.4, -0.2) is 37.4 Å². The van der Waals surface area contributed by atoms with E-state index >= 15 is 0 Å². The Balaban J connectivity index is 1.30. The van der Waals surface area contributed by atoms with Crippen LogP contribution in [0.3, 0.4) is 0 Å². The number of alkyl halides is 3. The summed E-state index contributed by atoms with van der Waals surface area (Å²) in [7, 11) is 0. The van der Waals surface area contributed by atoms with Crippen LogP contribution in [0, 0.1) is 6.92 Å². The molecule has 45 heavy (non-hydrogen) atoms. The highest BCUT2D eigenvalue weighted by Crippen LogP contribution is 2.26. The Morgan fingerprint density at radius 1 is 0.978 bits per heavy atom. The van der Waals surface area contributed by atoms with Gasteiger partial charge in [-0.3, -0.25) is 4.57 Å². The van der Waals surface area contributed by atoms with Gasteiger partial charge in [0.2, 0.25) is 0 Å². The van der Waals surface area contributed by atoms with Gasteiger partial charge >= 0.3 is 12.4 Å². The topological polar surface area (TPSA) is 86.7 Å². The summed E-state index contributed by atoms with van der Waals surface area (Å²) in [6, 6.07) is 20.5. The van der Waals surface area contributed by atoms with Crippen molar-refractivity contribution in [3.8, 4) is 28.5 Å². The summed E-state index contributed by atoms with van der Waals surface area (Å²) in [5.74, 6) is 0.281. The molecule has 0 spiro atoms. The number of thiazole rings is 1. The lowest BCUT2D eigenvalue weighted by molar-refractivity contribution is -0.274. The molecule has 0 aliphatic heterocycles. The maximum atomic E-state index is 13.0. The molecular weight excluding hydrogens is 601 g/mol. The van der Waals surface area contributed by atoms with Gasteiger partial charge < -0.3 is 4.74 Å². The van der Waals surface area contributed by atoms with Crippen LogP contribution in [0.25, 0.3) is 22.8 Å². The van der Waals surface area contributed by atoms with E-state index in [2.05, 4.69) is 44.7 Å². The smallest absolute Gasteiger partial charge is 0.406 e. The van der Waals surface area contributed by atoms with Crippen molar-refractivity contribution in [3.63, 3.8) is 0 Å². The number of aliphatic imine (C=N–C) groups is 1. The zero-order valence-corrected chi connectivity index (χ0v) is 26.1. The van der Waals surface area contributed by atoms with Gasteiger partial charge in [-0.1, -0.05) is 63.2 Å². The van der Waals surface area contributed by atoms with Crippen molar-refractivity contribution >= 4 is 23.1 Å². The third kappa shape index (κ3) is 7.46. The van der Waals surface area contributed by atoms with E-state index < -0.39 is 12.4 Å². The SMILES string of the molecule is CC(=NC(=O)N=c1scc(C)n1-c1ccccc1C(C)C)C(C)c1ccc(-c2ncn(-c3ccc(OC(F)(F)F)cc3)n2)cc1. The number of aryl methyl sites for hydroxylation is 1. The molecule has 232 valence electrons. The molecule has 5 aromatic rings. The van der Waals surface area contributed by atoms with Crippen molar-refractivity contribution in [1.82, 2.24) is 19.3 Å². The number of hydrogen-bond donors (Lipinski definition) is 0. The number of hydrogen-bond acceptors (Lipinski definition) is 5. The van der Waals surface area contributed by atoms with Crippen LogP contribution in [0.2, 0.25) is 0 Å². The highest BCUT2D eigenvalue weighted by Gasteiger charge is 2.31. The van der Waals surface area contributed by atoms with Gasteiger partial charge in [-0.15, -0.1) is 29.6 Å². The van der Waals surface area contributed by atoms with E-state index in [0.29, 0.717) is 27.9 Å². The van der Waals surface area contributed by atoms with Crippen molar-refractivity contribution in [3.05, 3.63) is 106 Å². The molecule has 3 aromatic carbocycles. The lowest BCUT2D eigenvalue weighted by Gasteiger charge is -2.14. The van der Waals surface area contributed by atoms with E-state index in [1.54, 1.807) is 0 Å². The molecule has 0 bridgehead atoms. The average Bonchev–Trinajstić information content (AvgIpc) is 3.63. The fraction of sp³-hybridized carbons (Fsp3) is 0.242. The van der Waals surface area contributed by atoms with Gasteiger partial charge in [0, 0.05) is 28.3 Å². The van der Waals surface area contributed by atoms with E-state index in [-0.39, 0.29) is 11.7 Å². The van der Waals surface area contributed by atoms with Gasteiger partial charge in [0.15, 0.2) is 10.6 Å². The van der Waals surface area contributed by atoms with Crippen molar-refractivity contribution < 1.29 is 22.7 Å². The molecule has 8 nitrogen and oxygen atoms in total. The maximum absolute atomic E-state index is 13.0. The van der Waals surface area contributed by atoms with Crippen molar-refractivity contribution in [2.24, 2.45) is 9.98 Å². The molecule has 0 N–H and O–H groups in total. The fourth-order valence-electron chi connectivity index (χ4n) is 4.78. The summed E-state index contributed by atoms with van der Waals surface area (Å²) in [5.41, 5.74) is 6.01. The number of carbonyl (C=O) groups excluding carboxylic acids is 1. The number of amides is 2. The summed E-state index contributed by atoms with van der Waals surface area (Å²) in [6.45, 7) is 10.0. The van der Waals surface area contributed by atoms with Crippen molar-refractivity contribution in [1.29, 1.82) is 0 Å². The molecule has 0 fully saturated rings. The molecule has 0 radical (unpaired) electrons. The summed E-state index contributed by atoms with van der Waals surface area (Å²) in [4.78, 5) is 26.5. The molecule has 0 saturated heterocycles. The monoisotopic (exact) mass is 632 g/mol. The molecule has 12 heteroatoms. The van der Waals surface area contributed by atoms with Crippen LogP contribution in [0.1, 0.15) is 56.4 Å². The number of nitrogens with zero attached hydrogens (tertiary/aromatic N) is 6. The normalized spacial score (nSPS) is 13.4. The zero-order chi connectivity index (χ0) is 32.3. The van der Waals surface area contributed by atoms with Gasteiger partial charge in [-0.25, -0.2) is 19.5 Å². The van der Waals surface area contributed by atoms with E-state index in [1.807, 2.05) is 73.2 Å². The second-order valence-corrected chi connectivity index (χ2v) is 11.6. The number of aromatic nitrogens is 4. The number of para-hydroxylation sites is 1. The Bertz CT molecular complexity index is 1900. The van der Waals surface area contributed by atoms with Gasteiger partial charge in [-0.05, 0) is 61.2 Å². The number of ether oxygens (including phenoxy) is 1. The van der Waals surface area contributed by atoms with Crippen LogP contribution in [0.5, 0.6) is 5.75 Å². The van der Waals surface area contributed by atoms with Gasteiger partial charge in [-0.2, -0.15) is 4.99 Å². The number of benzene rings is 3. The Kier molecular flexibility index (Phi) is 9.14. The molecule has 0 aliphatic rings. The quantitative estimate of drug-likeness (QED) is 0.169. The highest BCUT2D eigenvalue weighted by atomic mass is 32.1. The number of carbonyl (C=O) groups is 1. The van der Waals surface area contributed by atoms with Gasteiger partial charge in [0.05, 0.1) is 11.4 Å². The summed E-state index contributed by atoms with van der Waals surface area (Å²) < 4.78 is 44.7. The predicted molar refractivity (Wildman–Crippen MR) is 168 cm³/mol. The standard InChI is InChI=1S/C33H31F3N6O2S/c1-20(2)28-8-6-7-9-29(28)42-21(3)18-45-32(42)39-31(43)38-23(5)22(4)24-10-12-25(13-11-24)30-37-19-41(40-30)26-14-16-27(17-15-26)44-33(34,35)36/h6-20,22H,1-5H3. The Morgan fingerprint density at radius 3 is 2.33 bits per heavy atom. The molecule has 5 rings (SSSR count). The first-order chi connectivity index (χ1) is 21.4. The number of halogens is 3. The highest BCUT2D eigenvalue weighted by molar-refractivity contribution is 7.07. The minimum atomic E-state index is -4.76. The van der Waals surface area contributed by atoms with E-state index in [9.17, 15) is 18.0 Å². The minimum absolute atomic E-state index is 0.153. The lowest BCUT2D eigenvalue weighted by atomic mass is 9.96. The van der Waals surface area contributed by atoms with E-state index in [1.165, 1.54) is 52.2 Å². The molecular formula is C33H31F3N6O2S. The molecule has 2 amide bonds. The minimum Gasteiger partial charge on any atom is -0.406 e. The second-order valence-electron chi connectivity index (χ2n) is 10.8. The molecule has 2 aromatic heterocycles. The number of urea groups is 1. The van der Waals surface area contributed by atoms with Crippen molar-refractivity contribution in [2.75, 3.05) is 0 Å². The first kappa shape index (κ1) is 31.6. The Hall–Kier alpha value is -4.84. The second kappa shape index (κ2) is 13.0. The third-order valence-corrected chi connectivity index (χ3v) is 8.21. The lowest BCUT2D eigenvalue weighted by Crippen LogP contribution is -2.18. The Labute approximate surface area is 262 Å². The van der Waals surface area contributed by atoms with Gasteiger partial charge in [0.25, 0.3) is 0 Å². The average molecular weight is 633 g/mol. The zero-order valence-electron chi connectivity index (χ0n) is 25.3. The summed E-state index contributed by atoms with van der Waals surface area (Å²) in [6.07, 6.45) is -3.27. The van der Waals surface area contributed by atoms with E-state index in [0.717, 1.165) is 22.5 Å². The van der Waals surface area contributed by atoms with E-state index in [4.69, 9.17) is 0 Å². The Morgan fingerprint density at radius 2 is 1.67 bits per heavy atom. The largest absolute Gasteiger partial charge is 0.573 e. The third-order valence-electron chi connectivity index (χ3n) is 7.26. The number of rotatable bonds is 7. The molecule has 0 aliphatic carbocycles.